The molecule has 4 heteroatoms. The van der Waals surface area contributed by atoms with Crippen LogP contribution in [0.5, 0.6) is 0 Å². The number of nitrogens with two attached hydrogens (primary N) is 1. The summed E-state index contributed by atoms with van der Waals surface area (Å²) in [7, 11) is 1.98. The minimum absolute atomic E-state index is 0.586. The summed E-state index contributed by atoms with van der Waals surface area (Å²) >= 11 is 0. The predicted octanol–water partition coefficient (Wildman–Crippen LogP) is 2.38. The Labute approximate surface area is 95.1 Å². The lowest BCUT2D eigenvalue weighted by Crippen LogP contribution is -2.11. The molecule has 0 aliphatic carbocycles. The molecule has 0 fully saturated rings. The molecule has 16 heavy (non-hydrogen) atoms. The third-order valence-corrected chi connectivity index (χ3v) is 2.72. The molecular weight excluding hydrogens is 200 g/mol. The van der Waals surface area contributed by atoms with E-state index in [2.05, 4.69) is 42.2 Å². The molecule has 3 N–H and O–H groups in total. The van der Waals surface area contributed by atoms with Crippen LogP contribution in [-0.4, -0.2) is 17.2 Å². The van der Waals surface area contributed by atoms with Crippen LogP contribution in [0.2, 0.25) is 0 Å². The molecule has 2 aromatic rings. The largest absolute Gasteiger partial charge is 0.382 e. The van der Waals surface area contributed by atoms with Crippen LogP contribution in [0, 0.1) is 13.8 Å². The molecule has 0 radical (unpaired) electrons. The van der Waals surface area contributed by atoms with Crippen molar-refractivity contribution in [2.24, 2.45) is 0 Å². The first-order valence-corrected chi connectivity index (χ1v) is 5.19. The van der Waals surface area contributed by atoms with Crippen molar-refractivity contribution in [2.45, 2.75) is 13.8 Å². The summed E-state index contributed by atoms with van der Waals surface area (Å²) in [5.74, 6) is 0.586. The highest BCUT2D eigenvalue weighted by Crippen LogP contribution is 2.29. The molecule has 0 amide bonds. The van der Waals surface area contributed by atoms with E-state index in [0.29, 0.717) is 5.82 Å². The van der Waals surface area contributed by atoms with Gasteiger partial charge in [0, 0.05) is 12.7 Å². The number of aromatic nitrogens is 2. The van der Waals surface area contributed by atoms with E-state index < -0.39 is 0 Å². The highest BCUT2D eigenvalue weighted by molar-refractivity contribution is 5.72. The Morgan fingerprint density at radius 3 is 2.56 bits per heavy atom. The molecule has 0 atom stereocenters. The molecular formula is C12H16N4. The zero-order valence-electron chi connectivity index (χ0n) is 9.78. The number of H-pyrrole nitrogens is 1. The van der Waals surface area contributed by atoms with Gasteiger partial charge in [-0.2, -0.15) is 5.10 Å². The third kappa shape index (κ3) is 1.74. The van der Waals surface area contributed by atoms with Crippen molar-refractivity contribution in [1.29, 1.82) is 0 Å². The maximum Gasteiger partial charge on any atom is 0.143 e. The Kier molecular flexibility index (Phi) is 2.56. The summed E-state index contributed by atoms with van der Waals surface area (Å²) < 4.78 is 0. The lowest BCUT2D eigenvalue weighted by atomic mass is 10.1. The van der Waals surface area contributed by atoms with E-state index in [-0.39, 0.29) is 0 Å². The van der Waals surface area contributed by atoms with Gasteiger partial charge in [-0.05, 0) is 25.5 Å². The van der Waals surface area contributed by atoms with Crippen molar-refractivity contribution in [1.82, 2.24) is 10.2 Å². The second-order valence-electron chi connectivity index (χ2n) is 4.02. The lowest BCUT2D eigenvalue weighted by Gasteiger charge is -2.20. The van der Waals surface area contributed by atoms with Gasteiger partial charge >= 0.3 is 0 Å². The normalized spacial score (nSPS) is 10.4. The quantitative estimate of drug-likeness (QED) is 0.810. The number of hydrogen-bond acceptors (Lipinski definition) is 3. The van der Waals surface area contributed by atoms with Crippen molar-refractivity contribution in [3.8, 4) is 0 Å². The van der Waals surface area contributed by atoms with Crippen molar-refractivity contribution < 1.29 is 0 Å². The molecule has 0 bridgehead atoms. The number of rotatable bonds is 2. The van der Waals surface area contributed by atoms with E-state index in [1.165, 1.54) is 11.1 Å². The van der Waals surface area contributed by atoms with Crippen LogP contribution < -0.4 is 10.6 Å². The molecule has 1 aromatic carbocycles. The van der Waals surface area contributed by atoms with Gasteiger partial charge in [-0.25, -0.2) is 0 Å². The molecule has 1 heterocycles. The average Bonchev–Trinajstić information content (AvgIpc) is 2.63. The first-order chi connectivity index (χ1) is 7.59. The predicted molar refractivity (Wildman–Crippen MR) is 67.0 cm³/mol. The monoisotopic (exact) mass is 216 g/mol. The summed E-state index contributed by atoms with van der Waals surface area (Å²) in [6.07, 6.45) is 1.73. The molecule has 0 unspecified atom stereocenters. The van der Waals surface area contributed by atoms with Crippen LogP contribution in [0.15, 0.2) is 24.4 Å². The van der Waals surface area contributed by atoms with Crippen molar-refractivity contribution in [3.63, 3.8) is 0 Å². The minimum atomic E-state index is 0.586. The Balaban J connectivity index is 2.41. The van der Waals surface area contributed by atoms with E-state index >= 15 is 0 Å². The van der Waals surface area contributed by atoms with Crippen LogP contribution in [0.4, 0.5) is 17.2 Å². The summed E-state index contributed by atoms with van der Waals surface area (Å²) in [6.45, 7) is 4.18. The van der Waals surface area contributed by atoms with Gasteiger partial charge in [-0.1, -0.05) is 17.7 Å². The summed E-state index contributed by atoms with van der Waals surface area (Å²) in [5.41, 5.74) is 10.3. The zero-order valence-corrected chi connectivity index (χ0v) is 9.78. The fourth-order valence-corrected chi connectivity index (χ4v) is 1.87. The number of nitrogens with one attached hydrogen (secondary N) is 1. The SMILES string of the molecule is Cc1ccc(N(C)c2cn[nH]c2N)c(C)c1. The summed E-state index contributed by atoms with van der Waals surface area (Å²) in [6, 6.07) is 6.34. The van der Waals surface area contributed by atoms with Gasteiger partial charge in [-0.15, -0.1) is 0 Å². The first kappa shape index (κ1) is 10.5. The minimum Gasteiger partial charge on any atom is -0.382 e. The van der Waals surface area contributed by atoms with Gasteiger partial charge in [-0.3, -0.25) is 5.10 Å². The fraction of sp³-hybridized carbons (Fsp3) is 0.250. The number of anilines is 3. The zero-order chi connectivity index (χ0) is 11.7. The molecule has 0 saturated heterocycles. The van der Waals surface area contributed by atoms with Crippen LogP contribution in [0.25, 0.3) is 0 Å². The van der Waals surface area contributed by atoms with Gasteiger partial charge in [0.15, 0.2) is 0 Å². The van der Waals surface area contributed by atoms with Crippen LogP contribution in [0.1, 0.15) is 11.1 Å². The molecule has 2 rings (SSSR count). The van der Waals surface area contributed by atoms with Crippen LogP contribution in [-0.2, 0) is 0 Å². The lowest BCUT2D eigenvalue weighted by molar-refractivity contribution is 1.10. The Hall–Kier alpha value is -1.97. The van der Waals surface area contributed by atoms with Crippen LogP contribution >= 0.6 is 0 Å². The standard InChI is InChI=1S/C12H16N4/c1-8-4-5-10(9(2)6-8)16(3)11-7-14-15-12(11)13/h4-7H,1-3H3,(H3,13,14,15). The van der Waals surface area contributed by atoms with E-state index in [0.717, 1.165) is 11.4 Å². The van der Waals surface area contributed by atoms with Crippen molar-refractivity contribution in [2.75, 3.05) is 17.7 Å². The first-order valence-electron chi connectivity index (χ1n) is 5.19. The number of nitrogen functional groups attached to an aromatic ring is 1. The molecule has 4 nitrogen and oxygen atoms in total. The summed E-state index contributed by atoms with van der Waals surface area (Å²) in [4.78, 5) is 2.04. The van der Waals surface area contributed by atoms with Gasteiger partial charge in [0.25, 0.3) is 0 Å². The Bertz CT molecular complexity index is 501. The number of aromatic amines is 1. The molecule has 0 aliphatic heterocycles. The van der Waals surface area contributed by atoms with Gasteiger partial charge in [0.1, 0.15) is 11.5 Å². The highest BCUT2D eigenvalue weighted by Gasteiger charge is 2.11. The van der Waals surface area contributed by atoms with Gasteiger partial charge < -0.3 is 10.6 Å². The third-order valence-electron chi connectivity index (χ3n) is 2.72. The second-order valence-corrected chi connectivity index (χ2v) is 4.02. The van der Waals surface area contributed by atoms with Crippen LogP contribution in [0.3, 0.4) is 0 Å². The average molecular weight is 216 g/mol. The molecule has 84 valence electrons. The van der Waals surface area contributed by atoms with Gasteiger partial charge in [0.2, 0.25) is 0 Å². The van der Waals surface area contributed by atoms with Crippen molar-refractivity contribution >= 4 is 17.2 Å². The fourth-order valence-electron chi connectivity index (χ4n) is 1.87. The number of aryl methyl sites for hydroxylation is 2. The maximum absolute atomic E-state index is 5.80. The molecule has 0 aliphatic rings. The topological polar surface area (TPSA) is 57.9 Å². The Morgan fingerprint density at radius 1 is 1.25 bits per heavy atom. The smallest absolute Gasteiger partial charge is 0.143 e. The van der Waals surface area contributed by atoms with E-state index in [9.17, 15) is 0 Å². The number of hydrogen-bond donors (Lipinski definition) is 2. The van der Waals surface area contributed by atoms with Gasteiger partial charge in [0.05, 0.1) is 6.20 Å². The number of benzene rings is 1. The second kappa shape index (κ2) is 3.89. The number of nitrogens with zero attached hydrogens (tertiary/aromatic N) is 2. The highest BCUT2D eigenvalue weighted by atomic mass is 15.2. The van der Waals surface area contributed by atoms with E-state index in [1.807, 2.05) is 11.9 Å². The van der Waals surface area contributed by atoms with E-state index in [4.69, 9.17) is 5.73 Å². The maximum atomic E-state index is 5.80. The van der Waals surface area contributed by atoms with E-state index in [1.54, 1.807) is 6.20 Å². The molecule has 0 spiro atoms. The molecule has 1 aromatic heterocycles. The van der Waals surface area contributed by atoms with Crippen molar-refractivity contribution in [3.05, 3.63) is 35.5 Å². The molecule has 0 saturated carbocycles. The summed E-state index contributed by atoms with van der Waals surface area (Å²) in [5, 5.41) is 6.66. The Morgan fingerprint density at radius 2 is 2.00 bits per heavy atom.